The molecule has 1 saturated heterocycles. The van der Waals surface area contributed by atoms with Gasteiger partial charge in [-0.05, 0) is 26.8 Å². The fraction of sp³-hybridized carbons (Fsp3) is 0.588. The van der Waals surface area contributed by atoms with Crippen LogP contribution in [-0.2, 0) is 19.1 Å². The zero-order chi connectivity index (χ0) is 23.9. The molecule has 1 aliphatic rings. The van der Waals surface area contributed by atoms with Crippen LogP contribution in [0, 0.1) is 0 Å². The van der Waals surface area contributed by atoms with Gasteiger partial charge in [0.1, 0.15) is 36.3 Å². The van der Waals surface area contributed by atoms with Gasteiger partial charge in [-0.2, -0.15) is 4.98 Å². The number of anilines is 1. The maximum atomic E-state index is 12.2. The van der Waals surface area contributed by atoms with Crippen molar-refractivity contribution in [1.29, 1.82) is 0 Å². The number of carbonyl (C=O) groups excluding carboxylic acids is 3. The standard InChI is InChI=1S/C15H22N4O8.C2H4O2.Na/c1-15(2,18-9(22)6-21)13(25)16-8-3-4-19(14(26)17-8)12-11(24)10(23)7(5-20)27-12;1-2(3)4;/h3-4,7,10-12,20-21,23-24H,5-6H2,1-2H3,(H,18,22)(H,16,17,25,26);1H3,(H,3,4);/q;;+1/p-1/t7-,10-,11+,12?;;/m1../s1. The summed E-state index contributed by atoms with van der Waals surface area (Å²) in [6.07, 6.45) is -3.92. The Labute approximate surface area is 204 Å². The van der Waals surface area contributed by atoms with Gasteiger partial charge in [-0.3, -0.25) is 14.2 Å². The molecule has 4 atom stereocenters. The summed E-state index contributed by atoms with van der Waals surface area (Å²) in [6, 6.07) is 1.26. The monoisotopic (exact) mass is 468 g/mol. The van der Waals surface area contributed by atoms with Crippen LogP contribution in [0.1, 0.15) is 27.0 Å². The van der Waals surface area contributed by atoms with Crippen molar-refractivity contribution >= 4 is 23.6 Å². The molecule has 1 aromatic rings. The van der Waals surface area contributed by atoms with E-state index in [0.29, 0.717) is 0 Å². The van der Waals surface area contributed by atoms with Crippen LogP contribution in [0.5, 0.6) is 0 Å². The predicted molar refractivity (Wildman–Crippen MR) is 100 cm³/mol. The number of carboxylic acids is 1. The van der Waals surface area contributed by atoms with Crippen molar-refractivity contribution < 1.29 is 74.2 Å². The van der Waals surface area contributed by atoms with Gasteiger partial charge >= 0.3 is 35.2 Å². The number of carbonyl (C=O) groups is 3. The van der Waals surface area contributed by atoms with E-state index in [2.05, 4.69) is 15.6 Å². The van der Waals surface area contributed by atoms with Crippen LogP contribution in [0.2, 0.25) is 0 Å². The molecule has 1 fully saturated rings. The molecule has 174 valence electrons. The third kappa shape index (κ3) is 8.22. The van der Waals surface area contributed by atoms with E-state index >= 15 is 0 Å². The molecule has 2 rings (SSSR count). The Morgan fingerprint density at radius 2 is 1.81 bits per heavy atom. The van der Waals surface area contributed by atoms with Gasteiger partial charge in [0.2, 0.25) is 5.91 Å². The molecule has 14 nitrogen and oxygen atoms in total. The van der Waals surface area contributed by atoms with Gasteiger partial charge < -0.3 is 45.7 Å². The van der Waals surface area contributed by atoms with Crippen molar-refractivity contribution in [3.05, 3.63) is 22.7 Å². The largest absolute Gasteiger partial charge is 1.00 e. The molecule has 1 unspecified atom stereocenters. The van der Waals surface area contributed by atoms with Crippen LogP contribution in [0.3, 0.4) is 0 Å². The fourth-order valence-corrected chi connectivity index (χ4v) is 2.50. The van der Waals surface area contributed by atoms with Crippen molar-refractivity contribution in [2.45, 2.75) is 50.8 Å². The van der Waals surface area contributed by atoms with Gasteiger partial charge in [0.25, 0.3) is 5.91 Å². The third-order valence-electron chi connectivity index (χ3n) is 4.03. The number of rotatable bonds is 6. The number of nitrogens with zero attached hydrogens (tertiary/aromatic N) is 2. The number of ether oxygens (including phenoxy) is 1. The second kappa shape index (κ2) is 13.0. The van der Waals surface area contributed by atoms with Crippen molar-refractivity contribution in [2.24, 2.45) is 0 Å². The summed E-state index contributed by atoms with van der Waals surface area (Å²) in [5.74, 6) is -2.62. The van der Waals surface area contributed by atoms with E-state index in [1.807, 2.05) is 0 Å². The number of aliphatic hydroxyl groups is 4. The smallest absolute Gasteiger partial charge is 0.550 e. The number of hydrogen-bond acceptors (Lipinski definition) is 11. The Hall–Kier alpha value is -1.91. The van der Waals surface area contributed by atoms with Gasteiger partial charge in [-0.1, -0.05) is 0 Å². The normalized spacial score (nSPS) is 22.1. The van der Waals surface area contributed by atoms with Crippen molar-refractivity contribution in [2.75, 3.05) is 18.5 Å². The number of hydrogen-bond donors (Lipinski definition) is 6. The van der Waals surface area contributed by atoms with E-state index in [1.165, 1.54) is 26.1 Å². The summed E-state index contributed by atoms with van der Waals surface area (Å²) >= 11 is 0. The van der Waals surface area contributed by atoms with Crippen molar-refractivity contribution in [1.82, 2.24) is 14.9 Å². The number of aliphatic hydroxyl groups excluding tert-OH is 4. The molecule has 1 aromatic heterocycles. The van der Waals surface area contributed by atoms with Crippen LogP contribution < -0.4 is 51.0 Å². The second-order valence-corrected chi connectivity index (χ2v) is 7.01. The molecule has 32 heavy (non-hydrogen) atoms. The Kier molecular flexibility index (Phi) is 12.2. The molecular formula is C17H25N4NaO10. The average Bonchev–Trinajstić information content (AvgIpc) is 2.95. The van der Waals surface area contributed by atoms with Crippen molar-refractivity contribution in [3.63, 3.8) is 0 Å². The topological polar surface area (TPSA) is 223 Å². The Balaban J connectivity index is 0.00000177. The zero-order valence-corrected chi connectivity index (χ0v) is 20.0. The molecule has 0 aliphatic carbocycles. The van der Waals surface area contributed by atoms with E-state index in [4.69, 9.17) is 24.9 Å². The Bertz CT molecular complexity index is 858. The summed E-state index contributed by atoms with van der Waals surface area (Å²) in [5.41, 5.74) is -2.25. The summed E-state index contributed by atoms with van der Waals surface area (Å²) in [7, 11) is 0. The van der Waals surface area contributed by atoms with E-state index in [9.17, 15) is 24.6 Å². The average molecular weight is 468 g/mol. The zero-order valence-electron chi connectivity index (χ0n) is 18.0. The summed E-state index contributed by atoms with van der Waals surface area (Å²) in [4.78, 5) is 48.2. The Morgan fingerprint density at radius 1 is 1.25 bits per heavy atom. The number of carboxylic acid groups (broad SMARTS) is 1. The maximum Gasteiger partial charge on any atom is 1.00 e. The quantitative estimate of drug-likeness (QED) is 0.215. The number of amides is 2. The van der Waals surface area contributed by atoms with E-state index in [1.54, 1.807) is 0 Å². The second-order valence-electron chi connectivity index (χ2n) is 7.01. The fourth-order valence-electron chi connectivity index (χ4n) is 2.50. The SMILES string of the molecule is CC(=O)[O-].CC(C)(NC(=O)CO)C(=O)Nc1ccn(C2O[C@H](CO)[C@@H](O)[C@@H]2O)c(=O)n1.[Na+]. The molecule has 0 spiro atoms. The van der Waals surface area contributed by atoms with Crippen LogP contribution in [-0.4, -0.2) is 84.8 Å². The van der Waals surface area contributed by atoms with Crippen LogP contribution in [0.4, 0.5) is 5.82 Å². The van der Waals surface area contributed by atoms with E-state index < -0.39 is 66.8 Å². The Morgan fingerprint density at radius 3 is 2.25 bits per heavy atom. The minimum absolute atomic E-state index is 0. The number of nitrogens with one attached hydrogen (secondary N) is 2. The molecule has 2 heterocycles. The minimum Gasteiger partial charge on any atom is -0.550 e. The van der Waals surface area contributed by atoms with Gasteiger partial charge in [0.15, 0.2) is 6.23 Å². The molecule has 0 bridgehead atoms. The maximum absolute atomic E-state index is 12.2. The number of aliphatic carboxylic acids is 1. The van der Waals surface area contributed by atoms with Gasteiger partial charge in [0, 0.05) is 12.2 Å². The molecule has 0 radical (unpaired) electrons. The third-order valence-corrected chi connectivity index (χ3v) is 4.03. The summed E-state index contributed by atoms with van der Waals surface area (Å²) < 4.78 is 6.16. The first kappa shape index (κ1) is 30.1. The van der Waals surface area contributed by atoms with Crippen LogP contribution in [0.15, 0.2) is 17.1 Å². The van der Waals surface area contributed by atoms with E-state index in [-0.39, 0.29) is 35.4 Å². The molecule has 0 aromatic carbocycles. The van der Waals surface area contributed by atoms with E-state index in [0.717, 1.165) is 11.5 Å². The molecule has 15 heteroatoms. The first-order valence-electron chi connectivity index (χ1n) is 8.96. The van der Waals surface area contributed by atoms with Gasteiger partial charge in [-0.15, -0.1) is 0 Å². The molecule has 6 N–H and O–H groups in total. The first-order chi connectivity index (χ1) is 14.3. The summed E-state index contributed by atoms with van der Waals surface area (Å²) in [6.45, 7) is 2.45. The molecule has 1 aliphatic heterocycles. The predicted octanol–water partition coefficient (Wildman–Crippen LogP) is -7.56. The van der Waals surface area contributed by atoms with Crippen molar-refractivity contribution in [3.8, 4) is 0 Å². The molecular weight excluding hydrogens is 443 g/mol. The molecule has 0 saturated carbocycles. The van der Waals surface area contributed by atoms with Crippen LogP contribution >= 0.6 is 0 Å². The number of aromatic nitrogens is 2. The first-order valence-corrected chi connectivity index (χ1v) is 8.96. The summed E-state index contributed by atoms with van der Waals surface area (Å²) in [5, 5.41) is 51.1. The molecule has 2 amide bonds. The minimum atomic E-state index is -1.45. The van der Waals surface area contributed by atoms with Crippen LogP contribution in [0.25, 0.3) is 0 Å². The van der Waals surface area contributed by atoms with Gasteiger partial charge in [-0.25, -0.2) is 4.79 Å². The van der Waals surface area contributed by atoms with Gasteiger partial charge in [0.05, 0.1) is 6.61 Å².